The summed E-state index contributed by atoms with van der Waals surface area (Å²) in [4.78, 5) is 2.51. The van der Waals surface area contributed by atoms with Crippen molar-refractivity contribution in [3.05, 3.63) is 34.9 Å². The molecule has 2 rings (SSSR count). The van der Waals surface area contributed by atoms with E-state index in [1.807, 2.05) is 12.1 Å². The van der Waals surface area contributed by atoms with Crippen molar-refractivity contribution < 1.29 is 5.21 Å². The van der Waals surface area contributed by atoms with Crippen LogP contribution in [0.2, 0.25) is 0 Å². The third-order valence-corrected chi connectivity index (χ3v) is 3.88. The van der Waals surface area contributed by atoms with E-state index in [0.29, 0.717) is 0 Å². The van der Waals surface area contributed by atoms with Gasteiger partial charge in [-0.05, 0) is 49.4 Å². The first-order valence-electron chi connectivity index (χ1n) is 6.90. The van der Waals surface area contributed by atoms with Crippen LogP contribution in [-0.4, -0.2) is 29.0 Å². The summed E-state index contributed by atoms with van der Waals surface area (Å²) in [7, 11) is 0. The molecular weight excluding hydrogens is 238 g/mol. The second-order valence-electron chi connectivity index (χ2n) is 5.61. The van der Waals surface area contributed by atoms with Gasteiger partial charge >= 0.3 is 0 Å². The van der Waals surface area contributed by atoms with Gasteiger partial charge in [-0.2, -0.15) is 0 Å². The van der Waals surface area contributed by atoms with Gasteiger partial charge in [0.15, 0.2) is 5.84 Å². The van der Waals surface area contributed by atoms with Crippen LogP contribution in [0, 0.1) is 12.8 Å². The lowest BCUT2D eigenvalue weighted by atomic mass is 9.98. The second kappa shape index (κ2) is 6.06. The molecule has 1 fully saturated rings. The molecule has 4 heteroatoms. The average Bonchev–Trinajstić information content (AvgIpc) is 2.40. The fraction of sp³-hybridized carbons (Fsp3) is 0.533. The van der Waals surface area contributed by atoms with E-state index in [1.54, 1.807) is 0 Å². The molecule has 0 aromatic heterocycles. The molecule has 1 aromatic rings. The van der Waals surface area contributed by atoms with Crippen LogP contribution in [0.1, 0.15) is 36.5 Å². The largest absolute Gasteiger partial charge is 0.409 e. The van der Waals surface area contributed by atoms with Crippen molar-refractivity contribution in [3.8, 4) is 0 Å². The average molecular weight is 261 g/mol. The quantitative estimate of drug-likeness (QED) is 0.380. The van der Waals surface area contributed by atoms with Gasteiger partial charge < -0.3 is 10.9 Å². The Morgan fingerprint density at radius 3 is 2.95 bits per heavy atom. The monoisotopic (exact) mass is 261 g/mol. The highest BCUT2D eigenvalue weighted by Gasteiger charge is 2.17. The minimum atomic E-state index is 0.168. The number of hydrogen-bond donors (Lipinski definition) is 2. The first-order chi connectivity index (χ1) is 9.10. The molecule has 1 aliphatic heterocycles. The van der Waals surface area contributed by atoms with Gasteiger partial charge in [0, 0.05) is 18.7 Å². The lowest BCUT2D eigenvalue weighted by molar-refractivity contribution is 0.176. The van der Waals surface area contributed by atoms with Gasteiger partial charge in [-0.25, -0.2) is 0 Å². The van der Waals surface area contributed by atoms with E-state index in [2.05, 4.69) is 30.0 Å². The second-order valence-corrected chi connectivity index (χ2v) is 5.61. The van der Waals surface area contributed by atoms with Gasteiger partial charge in [0.25, 0.3) is 0 Å². The molecular formula is C15H23N3O. The number of amidine groups is 1. The Labute approximate surface area is 114 Å². The lowest BCUT2D eigenvalue weighted by Gasteiger charge is -2.31. The Morgan fingerprint density at radius 1 is 1.53 bits per heavy atom. The van der Waals surface area contributed by atoms with Crippen LogP contribution < -0.4 is 5.73 Å². The Balaban J connectivity index is 2.09. The van der Waals surface area contributed by atoms with Crippen molar-refractivity contribution in [1.29, 1.82) is 0 Å². The molecule has 19 heavy (non-hydrogen) atoms. The maximum atomic E-state index is 8.69. The Morgan fingerprint density at radius 2 is 2.32 bits per heavy atom. The third kappa shape index (κ3) is 3.47. The number of benzene rings is 1. The van der Waals surface area contributed by atoms with Gasteiger partial charge in [-0.15, -0.1) is 0 Å². The summed E-state index contributed by atoms with van der Waals surface area (Å²) in [5.41, 5.74) is 8.90. The zero-order valence-electron chi connectivity index (χ0n) is 11.8. The summed E-state index contributed by atoms with van der Waals surface area (Å²) in [6, 6.07) is 5.99. The molecule has 1 atom stereocenters. The van der Waals surface area contributed by atoms with Crippen molar-refractivity contribution in [2.24, 2.45) is 16.8 Å². The van der Waals surface area contributed by atoms with Crippen molar-refractivity contribution in [3.63, 3.8) is 0 Å². The predicted octanol–water partition coefficient (Wildman–Crippen LogP) is 2.32. The Kier molecular flexibility index (Phi) is 4.43. The highest BCUT2D eigenvalue weighted by Crippen LogP contribution is 2.20. The maximum Gasteiger partial charge on any atom is 0.170 e. The summed E-state index contributed by atoms with van der Waals surface area (Å²) >= 11 is 0. The van der Waals surface area contributed by atoms with Crippen LogP contribution in [0.5, 0.6) is 0 Å². The number of rotatable bonds is 3. The van der Waals surface area contributed by atoms with Crippen molar-refractivity contribution >= 4 is 5.84 Å². The van der Waals surface area contributed by atoms with Gasteiger partial charge in [-0.3, -0.25) is 4.90 Å². The lowest BCUT2D eigenvalue weighted by Crippen LogP contribution is -2.33. The summed E-state index contributed by atoms with van der Waals surface area (Å²) in [6.07, 6.45) is 2.64. The smallest absolute Gasteiger partial charge is 0.170 e. The standard InChI is InChI=1S/C15H23N3O/c1-11-4-3-7-18(9-11)10-14-6-5-13(8-12(14)2)15(16)17-19/h5-6,8,11,19H,3-4,7,9-10H2,1-2H3,(H2,16,17). The van der Waals surface area contributed by atoms with Crippen molar-refractivity contribution in [1.82, 2.24) is 4.90 Å². The fourth-order valence-corrected chi connectivity index (χ4v) is 2.76. The molecule has 4 nitrogen and oxygen atoms in total. The van der Waals surface area contributed by atoms with E-state index in [-0.39, 0.29) is 5.84 Å². The van der Waals surface area contributed by atoms with Gasteiger partial charge in [0.05, 0.1) is 0 Å². The van der Waals surface area contributed by atoms with Crippen LogP contribution in [0.3, 0.4) is 0 Å². The highest BCUT2D eigenvalue weighted by atomic mass is 16.4. The maximum absolute atomic E-state index is 8.69. The van der Waals surface area contributed by atoms with Crippen molar-refractivity contribution in [2.45, 2.75) is 33.2 Å². The van der Waals surface area contributed by atoms with Crippen LogP contribution in [-0.2, 0) is 6.54 Å². The number of nitrogens with two attached hydrogens (primary N) is 1. The third-order valence-electron chi connectivity index (χ3n) is 3.88. The molecule has 3 N–H and O–H groups in total. The normalized spacial score (nSPS) is 21.6. The number of oxime groups is 1. The Hall–Kier alpha value is -1.55. The van der Waals surface area contributed by atoms with Gasteiger partial charge in [0.2, 0.25) is 0 Å². The molecule has 0 bridgehead atoms. The fourth-order valence-electron chi connectivity index (χ4n) is 2.76. The number of nitrogens with zero attached hydrogens (tertiary/aromatic N) is 2. The molecule has 1 aromatic carbocycles. The van der Waals surface area contributed by atoms with Crippen LogP contribution in [0.4, 0.5) is 0 Å². The van der Waals surface area contributed by atoms with Crippen LogP contribution in [0.25, 0.3) is 0 Å². The highest BCUT2D eigenvalue weighted by molar-refractivity contribution is 5.97. The number of aryl methyl sites for hydroxylation is 1. The number of piperidine rings is 1. The summed E-state index contributed by atoms with van der Waals surface area (Å²) in [6.45, 7) is 7.76. The number of hydrogen-bond acceptors (Lipinski definition) is 3. The van der Waals surface area contributed by atoms with E-state index in [1.165, 1.54) is 37.1 Å². The summed E-state index contributed by atoms with van der Waals surface area (Å²) < 4.78 is 0. The van der Waals surface area contributed by atoms with Crippen LogP contribution >= 0.6 is 0 Å². The molecule has 1 unspecified atom stereocenters. The zero-order valence-corrected chi connectivity index (χ0v) is 11.8. The van der Waals surface area contributed by atoms with Crippen molar-refractivity contribution in [2.75, 3.05) is 13.1 Å². The molecule has 1 aliphatic rings. The molecule has 0 saturated carbocycles. The summed E-state index contributed by atoms with van der Waals surface area (Å²) in [5.74, 6) is 0.965. The van der Waals surface area contributed by atoms with E-state index >= 15 is 0 Å². The van der Waals surface area contributed by atoms with E-state index in [0.717, 1.165) is 18.0 Å². The van der Waals surface area contributed by atoms with Crippen LogP contribution in [0.15, 0.2) is 23.4 Å². The van der Waals surface area contributed by atoms with E-state index < -0.39 is 0 Å². The molecule has 0 aliphatic carbocycles. The number of likely N-dealkylation sites (tertiary alicyclic amines) is 1. The SMILES string of the molecule is Cc1cc(/C(N)=N/O)ccc1CN1CCCC(C)C1. The predicted molar refractivity (Wildman–Crippen MR) is 77.4 cm³/mol. The molecule has 0 amide bonds. The first kappa shape index (κ1) is 13.9. The topological polar surface area (TPSA) is 61.9 Å². The molecule has 104 valence electrons. The molecule has 0 radical (unpaired) electrons. The summed E-state index contributed by atoms with van der Waals surface area (Å²) in [5, 5.41) is 11.7. The zero-order chi connectivity index (χ0) is 13.8. The molecule has 1 heterocycles. The first-order valence-corrected chi connectivity index (χ1v) is 6.90. The minimum absolute atomic E-state index is 0.168. The molecule has 0 spiro atoms. The molecule has 1 saturated heterocycles. The van der Waals surface area contributed by atoms with Gasteiger partial charge in [-0.1, -0.05) is 24.2 Å². The van der Waals surface area contributed by atoms with Gasteiger partial charge in [0.1, 0.15) is 0 Å². The minimum Gasteiger partial charge on any atom is -0.409 e. The van der Waals surface area contributed by atoms with E-state index in [4.69, 9.17) is 10.9 Å². The Bertz CT molecular complexity index is 470. The van der Waals surface area contributed by atoms with E-state index in [9.17, 15) is 0 Å².